The number of aromatic nitrogens is 1. The van der Waals surface area contributed by atoms with Crippen molar-refractivity contribution in [3.05, 3.63) is 39.1 Å². The zero-order valence-electron chi connectivity index (χ0n) is 6.09. The maximum absolute atomic E-state index is 6.02. The lowest BCUT2D eigenvalue weighted by atomic mass is 10.2. The SMILES string of the molecule is Clc1cc(I)cc2ncccc12. The summed E-state index contributed by atoms with van der Waals surface area (Å²) in [6.07, 6.45) is 1.77. The smallest absolute Gasteiger partial charge is 0.0727 e. The third-order valence-electron chi connectivity index (χ3n) is 1.64. The Hall–Kier alpha value is -0.350. The number of rotatable bonds is 0. The Kier molecular flexibility index (Phi) is 2.19. The van der Waals surface area contributed by atoms with Gasteiger partial charge in [0.1, 0.15) is 0 Å². The fourth-order valence-corrected chi connectivity index (χ4v) is 2.17. The van der Waals surface area contributed by atoms with E-state index in [0.29, 0.717) is 0 Å². The summed E-state index contributed by atoms with van der Waals surface area (Å²) in [6, 6.07) is 7.82. The van der Waals surface area contributed by atoms with Crippen LogP contribution in [0.3, 0.4) is 0 Å². The molecule has 2 aromatic rings. The van der Waals surface area contributed by atoms with Crippen molar-refractivity contribution in [2.45, 2.75) is 0 Å². The molecule has 0 atom stereocenters. The van der Waals surface area contributed by atoms with E-state index < -0.39 is 0 Å². The van der Waals surface area contributed by atoms with Crippen LogP contribution in [0.15, 0.2) is 30.5 Å². The Bertz CT molecular complexity index is 428. The number of hydrogen-bond donors (Lipinski definition) is 0. The molecule has 60 valence electrons. The molecule has 1 heterocycles. The lowest BCUT2D eigenvalue weighted by Gasteiger charge is -1.99. The Balaban J connectivity index is 2.89. The van der Waals surface area contributed by atoms with Crippen LogP contribution in [-0.2, 0) is 0 Å². The minimum atomic E-state index is 0.769. The molecule has 0 fully saturated rings. The van der Waals surface area contributed by atoms with Crippen LogP contribution in [0.25, 0.3) is 10.9 Å². The second kappa shape index (κ2) is 3.18. The topological polar surface area (TPSA) is 12.9 Å². The fraction of sp³-hybridized carbons (Fsp3) is 0. The normalized spacial score (nSPS) is 10.5. The second-order valence-corrected chi connectivity index (χ2v) is 4.11. The van der Waals surface area contributed by atoms with Gasteiger partial charge in [-0.05, 0) is 46.9 Å². The quantitative estimate of drug-likeness (QED) is 0.677. The predicted molar refractivity (Wildman–Crippen MR) is 59.5 cm³/mol. The van der Waals surface area contributed by atoms with Crippen LogP contribution in [0, 0.1) is 3.57 Å². The highest BCUT2D eigenvalue weighted by Gasteiger charge is 1.99. The summed E-state index contributed by atoms with van der Waals surface area (Å²) < 4.78 is 1.11. The highest BCUT2D eigenvalue weighted by molar-refractivity contribution is 14.1. The van der Waals surface area contributed by atoms with Gasteiger partial charge in [-0.25, -0.2) is 0 Å². The molecule has 0 aliphatic carbocycles. The molecule has 0 unspecified atom stereocenters. The number of hydrogen-bond acceptors (Lipinski definition) is 1. The van der Waals surface area contributed by atoms with Crippen molar-refractivity contribution in [1.29, 1.82) is 0 Å². The molecule has 2 rings (SSSR count). The third kappa shape index (κ3) is 1.41. The van der Waals surface area contributed by atoms with Crippen LogP contribution in [0.2, 0.25) is 5.02 Å². The predicted octanol–water partition coefficient (Wildman–Crippen LogP) is 3.49. The number of halogens is 2. The summed E-state index contributed by atoms with van der Waals surface area (Å²) in [5.74, 6) is 0. The van der Waals surface area contributed by atoms with E-state index in [1.807, 2.05) is 24.3 Å². The number of pyridine rings is 1. The zero-order valence-corrected chi connectivity index (χ0v) is 9.00. The molecular weight excluding hydrogens is 284 g/mol. The van der Waals surface area contributed by atoms with Gasteiger partial charge in [0.05, 0.1) is 10.5 Å². The van der Waals surface area contributed by atoms with Crippen LogP contribution in [-0.4, -0.2) is 4.98 Å². The van der Waals surface area contributed by atoms with E-state index in [9.17, 15) is 0 Å². The molecule has 0 radical (unpaired) electrons. The molecule has 1 aromatic heterocycles. The van der Waals surface area contributed by atoms with E-state index in [-0.39, 0.29) is 0 Å². The standard InChI is InChI=1S/C9H5ClIN/c10-8-4-6(11)5-9-7(8)2-1-3-12-9/h1-5H. The molecule has 0 aliphatic heterocycles. The first kappa shape index (κ1) is 8.26. The Labute approximate surface area is 88.9 Å². The largest absolute Gasteiger partial charge is 0.256 e. The van der Waals surface area contributed by atoms with Gasteiger partial charge >= 0.3 is 0 Å². The van der Waals surface area contributed by atoms with Gasteiger partial charge in [-0.3, -0.25) is 4.98 Å². The van der Waals surface area contributed by atoms with Crippen molar-refractivity contribution >= 4 is 45.1 Å². The van der Waals surface area contributed by atoms with Crippen LogP contribution >= 0.6 is 34.2 Å². The van der Waals surface area contributed by atoms with E-state index in [2.05, 4.69) is 27.6 Å². The van der Waals surface area contributed by atoms with Crippen LogP contribution in [0.1, 0.15) is 0 Å². The van der Waals surface area contributed by atoms with E-state index >= 15 is 0 Å². The minimum Gasteiger partial charge on any atom is -0.256 e. The monoisotopic (exact) mass is 289 g/mol. The van der Waals surface area contributed by atoms with Gasteiger partial charge in [0.25, 0.3) is 0 Å². The molecule has 0 amide bonds. The minimum absolute atomic E-state index is 0.769. The molecule has 12 heavy (non-hydrogen) atoms. The van der Waals surface area contributed by atoms with E-state index in [1.54, 1.807) is 6.20 Å². The Morgan fingerprint density at radius 3 is 3.00 bits per heavy atom. The summed E-state index contributed by atoms with van der Waals surface area (Å²) in [5.41, 5.74) is 0.953. The van der Waals surface area contributed by atoms with Gasteiger partial charge in [-0.15, -0.1) is 0 Å². The highest BCUT2D eigenvalue weighted by atomic mass is 127. The van der Waals surface area contributed by atoms with Crippen molar-refractivity contribution in [2.75, 3.05) is 0 Å². The molecule has 0 bridgehead atoms. The van der Waals surface area contributed by atoms with Gasteiger partial charge in [-0.1, -0.05) is 11.6 Å². The van der Waals surface area contributed by atoms with Crippen molar-refractivity contribution in [3.8, 4) is 0 Å². The molecular formula is C9H5ClIN. The van der Waals surface area contributed by atoms with E-state index in [1.165, 1.54) is 0 Å². The maximum Gasteiger partial charge on any atom is 0.0727 e. The molecule has 0 aliphatic rings. The summed E-state index contributed by atoms with van der Waals surface area (Å²) >= 11 is 8.25. The lowest BCUT2D eigenvalue weighted by molar-refractivity contribution is 1.41. The number of nitrogens with zero attached hydrogens (tertiary/aromatic N) is 1. The summed E-state index contributed by atoms with van der Waals surface area (Å²) in [7, 11) is 0. The zero-order chi connectivity index (χ0) is 8.55. The van der Waals surface area contributed by atoms with Gasteiger partial charge in [0, 0.05) is 15.2 Å². The maximum atomic E-state index is 6.02. The fourth-order valence-electron chi connectivity index (χ4n) is 1.11. The lowest BCUT2D eigenvalue weighted by Crippen LogP contribution is -1.80. The van der Waals surface area contributed by atoms with Crippen molar-refractivity contribution in [1.82, 2.24) is 4.98 Å². The van der Waals surface area contributed by atoms with Gasteiger partial charge in [0.15, 0.2) is 0 Å². The molecule has 0 saturated carbocycles. The first-order chi connectivity index (χ1) is 5.77. The van der Waals surface area contributed by atoms with Gasteiger partial charge < -0.3 is 0 Å². The third-order valence-corrected chi connectivity index (χ3v) is 2.57. The van der Waals surface area contributed by atoms with Crippen LogP contribution in [0.4, 0.5) is 0 Å². The molecule has 0 spiro atoms. The van der Waals surface area contributed by atoms with E-state index in [0.717, 1.165) is 19.5 Å². The van der Waals surface area contributed by atoms with Crippen molar-refractivity contribution < 1.29 is 0 Å². The Morgan fingerprint density at radius 1 is 1.33 bits per heavy atom. The molecule has 3 heteroatoms. The highest BCUT2D eigenvalue weighted by Crippen LogP contribution is 2.24. The van der Waals surface area contributed by atoms with Crippen LogP contribution < -0.4 is 0 Å². The summed E-state index contributed by atoms with van der Waals surface area (Å²) in [5, 5.41) is 1.78. The summed E-state index contributed by atoms with van der Waals surface area (Å²) in [4.78, 5) is 4.21. The van der Waals surface area contributed by atoms with Gasteiger partial charge in [0.2, 0.25) is 0 Å². The van der Waals surface area contributed by atoms with Crippen LogP contribution in [0.5, 0.6) is 0 Å². The first-order valence-electron chi connectivity index (χ1n) is 3.47. The molecule has 1 nitrogen and oxygen atoms in total. The second-order valence-electron chi connectivity index (χ2n) is 2.46. The molecule has 0 N–H and O–H groups in total. The van der Waals surface area contributed by atoms with E-state index in [4.69, 9.17) is 11.6 Å². The number of benzene rings is 1. The molecule has 1 aromatic carbocycles. The van der Waals surface area contributed by atoms with Crippen molar-refractivity contribution in [3.63, 3.8) is 0 Å². The average Bonchev–Trinajstić information content (AvgIpc) is 2.04. The average molecular weight is 290 g/mol. The Morgan fingerprint density at radius 2 is 2.17 bits per heavy atom. The summed E-state index contributed by atoms with van der Waals surface area (Å²) in [6.45, 7) is 0. The van der Waals surface area contributed by atoms with Crippen molar-refractivity contribution in [2.24, 2.45) is 0 Å². The number of fused-ring (bicyclic) bond motifs is 1. The first-order valence-corrected chi connectivity index (χ1v) is 4.93. The van der Waals surface area contributed by atoms with Gasteiger partial charge in [-0.2, -0.15) is 0 Å². The molecule has 0 saturated heterocycles.